The Kier molecular flexibility index (Phi) is 5.03. The van der Waals surface area contributed by atoms with Crippen LogP contribution in [0.3, 0.4) is 0 Å². The van der Waals surface area contributed by atoms with Gasteiger partial charge in [0.25, 0.3) is 0 Å². The molecule has 1 rings (SSSR count). The van der Waals surface area contributed by atoms with E-state index in [4.69, 9.17) is 0 Å². The molecular formula is C15H21F2N. The summed E-state index contributed by atoms with van der Waals surface area (Å²) < 4.78 is 25.9. The molecule has 18 heavy (non-hydrogen) atoms. The summed E-state index contributed by atoms with van der Waals surface area (Å²) in [5.74, 6) is -1.60. The Labute approximate surface area is 108 Å². The van der Waals surface area contributed by atoms with Crippen LogP contribution in [0, 0.1) is 11.6 Å². The number of nitrogens with one attached hydrogen (secondary N) is 1. The maximum atomic E-state index is 13.1. The van der Waals surface area contributed by atoms with E-state index in [1.54, 1.807) is 6.07 Å². The van der Waals surface area contributed by atoms with Crippen LogP contribution in [0.5, 0.6) is 0 Å². The van der Waals surface area contributed by atoms with Gasteiger partial charge in [0.05, 0.1) is 0 Å². The third kappa shape index (κ3) is 4.96. The molecule has 0 bridgehead atoms. The highest BCUT2D eigenvalue weighted by molar-refractivity contribution is 5.63. The van der Waals surface area contributed by atoms with Crippen LogP contribution in [0.2, 0.25) is 0 Å². The van der Waals surface area contributed by atoms with Crippen molar-refractivity contribution in [1.29, 1.82) is 0 Å². The summed E-state index contributed by atoms with van der Waals surface area (Å²) in [7, 11) is 0. The van der Waals surface area contributed by atoms with Crippen LogP contribution in [0.4, 0.5) is 8.78 Å². The van der Waals surface area contributed by atoms with E-state index in [0.717, 1.165) is 30.2 Å². The van der Waals surface area contributed by atoms with Crippen molar-refractivity contribution in [2.45, 2.75) is 39.7 Å². The molecule has 0 atom stereocenters. The van der Waals surface area contributed by atoms with Gasteiger partial charge in [0.15, 0.2) is 11.6 Å². The number of rotatable bonds is 4. The first kappa shape index (κ1) is 14.8. The Morgan fingerprint density at radius 1 is 1.22 bits per heavy atom. The van der Waals surface area contributed by atoms with Crippen LogP contribution in [0.25, 0.3) is 5.57 Å². The van der Waals surface area contributed by atoms with E-state index in [-0.39, 0.29) is 5.54 Å². The fourth-order valence-electron chi connectivity index (χ4n) is 1.60. The van der Waals surface area contributed by atoms with Crippen LogP contribution in [0.15, 0.2) is 24.3 Å². The van der Waals surface area contributed by atoms with Gasteiger partial charge in [-0.15, -0.1) is 0 Å². The fourth-order valence-corrected chi connectivity index (χ4v) is 1.60. The number of hydrogen-bond donors (Lipinski definition) is 1. The SMILES string of the molecule is CC(=CCCNC(C)(C)C)c1ccc(F)c(F)c1. The molecule has 1 aromatic rings. The average molecular weight is 253 g/mol. The normalized spacial score (nSPS) is 12.9. The van der Waals surface area contributed by atoms with E-state index in [0.29, 0.717) is 0 Å². The van der Waals surface area contributed by atoms with Crippen LogP contribution >= 0.6 is 0 Å². The van der Waals surface area contributed by atoms with Crippen molar-refractivity contribution < 1.29 is 8.78 Å². The molecule has 0 saturated heterocycles. The zero-order valence-electron chi connectivity index (χ0n) is 11.5. The van der Waals surface area contributed by atoms with Crippen molar-refractivity contribution >= 4 is 5.57 Å². The number of hydrogen-bond acceptors (Lipinski definition) is 1. The van der Waals surface area contributed by atoms with Crippen molar-refractivity contribution in [2.24, 2.45) is 0 Å². The molecule has 0 aliphatic rings. The molecule has 0 saturated carbocycles. The van der Waals surface area contributed by atoms with Gasteiger partial charge in [-0.1, -0.05) is 12.1 Å². The van der Waals surface area contributed by atoms with Crippen molar-refractivity contribution in [1.82, 2.24) is 5.32 Å². The summed E-state index contributed by atoms with van der Waals surface area (Å²) in [5, 5.41) is 3.37. The standard InChI is InChI=1S/C15H21F2N/c1-11(6-5-9-18-15(2,3)4)12-7-8-13(16)14(17)10-12/h6-8,10,18H,5,9H2,1-4H3. The highest BCUT2D eigenvalue weighted by Crippen LogP contribution is 2.17. The summed E-state index contributed by atoms with van der Waals surface area (Å²) in [5.41, 5.74) is 1.79. The molecule has 0 spiro atoms. The predicted octanol–water partition coefficient (Wildman–Crippen LogP) is 4.15. The van der Waals surface area contributed by atoms with Crippen LogP contribution in [-0.4, -0.2) is 12.1 Å². The topological polar surface area (TPSA) is 12.0 Å². The minimum Gasteiger partial charge on any atom is -0.312 e. The van der Waals surface area contributed by atoms with E-state index in [1.807, 2.05) is 13.0 Å². The lowest BCUT2D eigenvalue weighted by Gasteiger charge is -2.19. The van der Waals surface area contributed by atoms with E-state index < -0.39 is 11.6 Å². The molecule has 1 aromatic carbocycles. The maximum Gasteiger partial charge on any atom is 0.159 e. The number of benzene rings is 1. The molecule has 0 aliphatic heterocycles. The highest BCUT2D eigenvalue weighted by Gasteiger charge is 2.07. The molecule has 0 heterocycles. The summed E-state index contributed by atoms with van der Waals surface area (Å²) in [4.78, 5) is 0. The first-order valence-electron chi connectivity index (χ1n) is 6.17. The second-order valence-corrected chi connectivity index (χ2v) is 5.48. The predicted molar refractivity (Wildman–Crippen MR) is 72.4 cm³/mol. The van der Waals surface area contributed by atoms with Crippen molar-refractivity contribution in [3.63, 3.8) is 0 Å². The van der Waals surface area contributed by atoms with Crippen molar-refractivity contribution in [3.05, 3.63) is 41.5 Å². The van der Waals surface area contributed by atoms with Crippen molar-refractivity contribution in [3.8, 4) is 0 Å². The highest BCUT2D eigenvalue weighted by atomic mass is 19.2. The molecule has 0 aromatic heterocycles. The van der Waals surface area contributed by atoms with Gasteiger partial charge in [0, 0.05) is 5.54 Å². The van der Waals surface area contributed by atoms with Gasteiger partial charge in [0.1, 0.15) is 0 Å². The Morgan fingerprint density at radius 2 is 1.89 bits per heavy atom. The Hall–Kier alpha value is -1.22. The summed E-state index contributed by atoms with van der Waals surface area (Å²) in [6, 6.07) is 4.00. The molecule has 1 N–H and O–H groups in total. The summed E-state index contributed by atoms with van der Waals surface area (Å²) in [6.07, 6.45) is 2.90. The van der Waals surface area contributed by atoms with Crippen LogP contribution in [0.1, 0.15) is 39.7 Å². The molecule has 1 nitrogen and oxygen atoms in total. The Balaban J connectivity index is 2.58. The summed E-state index contributed by atoms with van der Waals surface area (Å²) in [6.45, 7) is 9.10. The smallest absolute Gasteiger partial charge is 0.159 e. The zero-order valence-corrected chi connectivity index (χ0v) is 11.5. The van der Waals surface area contributed by atoms with Gasteiger partial charge < -0.3 is 5.32 Å². The second kappa shape index (κ2) is 6.10. The molecule has 0 unspecified atom stereocenters. The Bertz CT molecular complexity index is 431. The average Bonchev–Trinajstić information content (AvgIpc) is 2.26. The van der Waals surface area contributed by atoms with E-state index in [2.05, 4.69) is 26.1 Å². The minimum absolute atomic E-state index is 0.101. The number of halogens is 2. The van der Waals surface area contributed by atoms with Gasteiger partial charge in [-0.3, -0.25) is 0 Å². The molecule has 0 fully saturated rings. The quantitative estimate of drug-likeness (QED) is 0.795. The molecule has 3 heteroatoms. The fraction of sp³-hybridized carbons (Fsp3) is 0.467. The van der Waals surface area contributed by atoms with E-state index in [1.165, 1.54) is 6.07 Å². The number of allylic oxidation sites excluding steroid dienone is 1. The first-order chi connectivity index (χ1) is 8.29. The molecule has 0 aliphatic carbocycles. The van der Waals surface area contributed by atoms with Gasteiger partial charge in [-0.2, -0.15) is 0 Å². The summed E-state index contributed by atoms with van der Waals surface area (Å²) >= 11 is 0. The third-order valence-electron chi connectivity index (χ3n) is 2.63. The lowest BCUT2D eigenvalue weighted by Crippen LogP contribution is -2.36. The lowest BCUT2D eigenvalue weighted by atomic mass is 10.1. The van der Waals surface area contributed by atoms with E-state index >= 15 is 0 Å². The van der Waals surface area contributed by atoms with Gasteiger partial charge >= 0.3 is 0 Å². The second-order valence-electron chi connectivity index (χ2n) is 5.48. The van der Waals surface area contributed by atoms with Crippen LogP contribution in [-0.2, 0) is 0 Å². The first-order valence-corrected chi connectivity index (χ1v) is 6.17. The van der Waals surface area contributed by atoms with Gasteiger partial charge in [-0.25, -0.2) is 8.78 Å². The van der Waals surface area contributed by atoms with Gasteiger partial charge in [-0.05, 0) is 63.9 Å². The molecule has 0 radical (unpaired) electrons. The lowest BCUT2D eigenvalue weighted by molar-refractivity contribution is 0.431. The monoisotopic (exact) mass is 253 g/mol. The van der Waals surface area contributed by atoms with E-state index in [9.17, 15) is 8.78 Å². The Morgan fingerprint density at radius 3 is 2.44 bits per heavy atom. The maximum absolute atomic E-state index is 13.1. The van der Waals surface area contributed by atoms with Crippen LogP contribution < -0.4 is 5.32 Å². The zero-order chi connectivity index (χ0) is 13.8. The minimum atomic E-state index is -0.805. The molecule has 100 valence electrons. The third-order valence-corrected chi connectivity index (χ3v) is 2.63. The van der Waals surface area contributed by atoms with Crippen molar-refractivity contribution in [2.75, 3.05) is 6.54 Å². The molecule has 0 amide bonds. The molecular weight excluding hydrogens is 232 g/mol. The van der Waals surface area contributed by atoms with Gasteiger partial charge in [0.2, 0.25) is 0 Å². The largest absolute Gasteiger partial charge is 0.312 e.